The van der Waals surface area contributed by atoms with Crippen molar-refractivity contribution in [1.82, 2.24) is 0 Å². The van der Waals surface area contributed by atoms with Crippen LogP contribution in [0, 0.1) is 3.57 Å². The van der Waals surface area contributed by atoms with Crippen LogP contribution < -0.4 is 4.74 Å². The first kappa shape index (κ1) is 12.5. The van der Waals surface area contributed by atoms with Crippen LogP contribution in [-0.2, 0) is 4.79 Å². The third-order valence-electron chi connectivity index (χ3n) is 2.02. The zero-order valence-electron chi connectivity index (χ0n) is 8.54. The topological polar surface area (TPSA) is 26.3 Å². The van der Waals surface area contributed by atoms with Crippen molar-refractivity contribution in [2.24, 2.45) is 0 Å². The maximum atomic E-state index is 9.95. The number of ether oxygens (including phenoxy) is 1. The van der Waals surface area contributed by atoms with E-state index in [0.717, 1.165) is 35.2 Å². The Morgan fingerprint density at radius 3 is 2.73 bits per heavy atom. The third kappa shape index (κ3) is 5.16. The molecule has 0 aliphatic carbocycles. The van der Waals surface area contributed by atoms with Crippen LogP contribution in [0.4, 0.5) is 0 Å². The molecule has 81 valence electrons. The van der Waals surface area contributed by atoms with Gasteiger partial charge in [-0.2, -0.15) is 0 Å². The standard InChI is InChI=1S/C12H14IO2/c13-11-7-3-4-8-12(11)15-10-6-2-1-5-9-14/h3-4,7-8H,1-2,5-6,10H2. The van der Waals surface area contributed by atoms with E-state index in [1.54, 1.807) is 0 Å². The molecule has 0 saturated carbocycles. The van der Waals surface area contributed by atoms with Crippen LogP contribution in [0.5, 0.6) is 5.75 Å². The quantitative estimate of drug-likeness (QED) is 0.569. The molecular weight excluding hydrogens is 303 g/mol. The molecule has 0 amide bonds. The minimum atomic E-state index is 0.545. The Bertz CT molecular complexity index is 299. The molecule has 0 heterocycles. The maximum absolute atomic E-state index is 9.95. The molecular formula is C12H14IO2. The minimum Gasteiger partial charge on any atom is -0.492 e. The number of unbranched alkanes of at least 4 members (excludes halogenated alkanes) is 3. The van der Waals surface area contributed by atoms with Crippen LogP contribution in [0.15, 0.2) is 24.3 Å². The zero-order chi connectivity index (χ0) is 10.9. The van der Waals surface area contributed by atoms with Crippen molar-refractivity contribution in [2.45, 2.75) is 25.7 Å². The number of rotatable bonds is 7. The summed E-state index contributed by atoms with van der Waals surface area (Å²) in [6.07, 6.45) is 5.37. The van der Waals surface area contributed by atoms with Gasteiger partial charge in [0.2, 0.25) is 0 Å². The highest BCUT2D eigenvalue weighted by Gasteiger charge is 1.98. The Morgan fingerprint density at radius 1 is 1.20 bits per heavy atom. The van der Waals surface area contributed by atoms with Gasteiger partial charge in [-0.25, -0.2) is 0 Å². The van der Waals surface area contributed by atoms with E-state index >= 15 is 0 Å². The predicted molar refractivity (Wildman–Crippen MR) is 68.8 cm³/mol. The van der Waals surface area contributed by atoms with E-state index in [4.69, 9.17) is 4.74 Å². The van der Waals surface area contributed by atoms with Crippen LogP contribution in [0.3, 0.4) is 0 Å². The van der Waals surface area contributed by atoms with E-state index in [2.05, 4.69) is 22.6 Å². The fraction of sp³-hybridized carbons (Fsp3) is 0.417. The molecule has 1 aromatic rings. The lowest BCUT2D eigenvalue weighted by molar-refractivity contribution is 0.303. The molecule has 0 aliphatic rings. The monoisotopic (exact) mass is 317 g/mol. The van der Waals surface area contributed by atoms with Gasteiger partial charge in [-0.1, -0.05) is 12.1 Å². The first-order valence-electron chi connectivity index (χ1n) is 5.07. The van der Waals surface area contributed by atoms with E-state index in [9.17, 15) is 4.79 Å². The van der Waals surface area contributed by atoms with Crippen LogP contribution >= 0.6 is 22.6 Å². The van der Waals surface area contributed by atoms with Crippen LogP contribution in [-0.4, -0.2) is 12.9 Å². The van der Waals surface area contributed by atoms with Crippen molar-refractivity contribution >= 4 is 28.9 Å². The summed E-state index contributed by atoms with van der Waals surface area (Å²) in [7, 11) is 0. The van der Waals surface area contributed by atoms with Crippen molar-refractivity contribution in [2.75, 3.05) is 6.61 Å². The maximum Gasteiger partial charge on any atom is 0.198 e. The predicted octanol–water partition coefficient (Wildman–Crippen LogP) is 3.34. The van der Waals surface area contributed by atoms with Crippen molar-refractivity contribution in [3.8, 4) is 5.75 Å². The average Bonchev–Trinajstić information content (AvgIpc) is 2.25. The van der Waals surface area contributed by atoms with Gasteiger partial charge in [-0.15, -0.1) is 0 Å². The molecule has 0 unspecified atom stereocenters. The molecule has 0 spiro atoms. The number of hydrogen-bond donors (Lipinski definition) is 0. The lowest BCUT2D eigenvalue weighted by atomic mass is 10.2. The van der Waals surface area contributed by atoms with Gasteiger partial charge in [-0.05, 0) is 54.0 Å². The first-order valence-corrected chi connectivity index (χ1v) is 6.15. The summed E-state index contributed by atoms with van der Waals surface area (Å²) in [5.41, 5.74) is 0. The average molecular weight is 317 g/mol. The molecule has 0 aliphatic heterocycles. The Labute approximate surface area is 104 Å². The smallest absolute Gasteiger partial charge is 0.198 e. The van der Waals surface area contributed by atoms with Gasteiger partial charge in [0, 0.05) is 6.42 Å². The highest BCUT2D eigenvalue weighted by atomic mass is 127. The van der Waals surface area contributed by atoms with E-state index < -0.39 is 0 Å². The van der Waals surface area contributed by atoms with Crippen molar-refractivity contribution in [1.29, 1.82) is 0 Å². The van der Waals surface area contributed by atoms with E-state index in [1.807, 2.05) is 30.6 Å². The molecule has 1 radical (unpaired) electrons. The Morgan fingerprint density at radius 2 is 2.00 bits per heavy atom. The van der Waals surface area contributed by atoms with Crippen molar-refractivity contribution in [3.63, 3.8) is 0 Å². The normalized spacial score (nSPS) is 9.93. The van der Waals surface area contributed by atoms with Gasteiger partial charge in [0.25, 0.3) is 0 Å². The lowest BCUT2D eigenvalue weighted by Crippen LogP contribution is -1.98. The second-order valence-electron chi connectivity index (χ2n) is 3.23. The molecule has 1 rings (SSSR count). The second-order valence-corrected chi connectivity index (χ2v) is 4.40. The van der Waals surface area contributed by atoms with Crippen LogP contribution in [0.1, 0.15) is 25.7 Å². The summed E-state index contributed by atoms with van der Waals surface area (Å²) in [4.78, 5) is 9.95. The number of carbonyl (C=O) groups excluding carboxylic acids is 1. The Hall–Kier alpha value is -0.580. The van der Waals surface area contributed by atoms with Gasteiger partial charge < -0.3 is 4.74 Å². The highest BCUT2D eigenvalue weighted by molar-refractivity contribution is 14.1. The van der Waals surface area contributed by atoms with Gasteiger partial charge in [0.1, 0.15) is 5.75 Å². The van der Waals surface area contributed by atoms with E-state index in [0.29, 0.717) is 6.42 Å². The molecule has 0 fully saturated rings. The second kappa shape index (κ2) is 7.68. The first-order chi connectivity index (χ1) is 7.34. The van der Waals surface area contributed by atoms with Gasteiger partial charge in [0.05, 0.1) is 10.2 Å². The van der Waals surface area contributed by atoms with Crippen molar-refractivity contribution in [3.05, 3.63) is 27.8 Å². The molecule has 0 atom stereocenters. The van der Waals surface area contributed by atoms with E-state index in [1.165, 1.54) is 0 Å². The number of para-hydroxylation sites is 1. The molecule has 15 heavy (non-hydrogen) atoms. The minimum absolute atomic E-state index is 0.545. The summed E-state index contributed by atoms with van der Waals surface area (Å²) in [5.74, 6) is 0.944. The molecule has 0 bridgehead atoms. The van der Waals surface area contributed by atoms with Gasteiger partial charge in [-0.3, -0.25) is 4.79 Å². The van der Waals surface area contributed by atoms with Crippen LogP contribution in [0.25, 0.3) is 0 Å². The third-order valence-corrected chi connectivity index (χ3v) is 2.91. The fourth-order valence-corrected chi connectivity index (χ4v) is 1.76. The largest absolute Gasteiger partial charge is 0.492 e. The summed E-state index contributed by atoms with van der Waals surface area (Å²) >= 11 is 2.26. The summed E-state index contributed by atoms with van der Waals surface area (Å²) in [5, 5.41) is 0. The number of benzene rings is 1. The molecule has 3 heteroatoms. The number of hydrogen-bond acceptors (Lipinski definition) is 2. The summed E-state index contributed by atoms with van der Waals surface area (Å²) < 4.78 is 6.75. The van der Waals surface area contributed by atoms with Gasteiger partial charge >= 0.3 is 0 Å². The summed E-state index contributed by atoms with van der Waals surface area (Å²) in [6.45, 7) is 0.721. The van der Waals surface area contributed by atoms with E-state index in [-0.39, 0.29) is 0 Å². The SMILES string of the molecule is O=[C]CCCCCOc1ccccc1I. The Balaban J connectivity index is 2.15. The van der Waals surface area contributed by atoms with Crippen molar-refractivity contribution < 1.29 is 9.53 Å². The summed E-state index contributed by atoms with van der Waals surface area (Å²) in [6, 6.07) is 7.96. The Kier molecular flexibility index (Phi) is 6.39. The fourth-order valence-electron chi connectivity index (χ4n) is 1.22. The molecule has 2 nitrogen and oxygen atoms in total. The molecule has 1 aromatic carbocycles. The zero-order valence-corrected chi connectivity index (χ0v) is 10.7. The molecule has 0 aromatic heterocycles. The highest BCUT2D eigenvalue weighted by Crippen LogP contribution is 2.19. The van der Waals surface area contributed by atoms with Crippen LogP contribution in [0.2, 0.25) is 0 Å². The number of halogens is 1. The lowest BCUT2D eigenvalue weighted by Gasteiger charge is -2.07. The molecule has 0 saturated heterocycles. The van der Waals surface area contributed by atoms with Gasteiger partial charge in [0.15, 0.2) is 6.29 Å². The molecule has 0 N–H and O–H groups in total.